The van der Waals surface area contributed by atoms with E-state index in [0.29, 0.717) is 18.4 Å². The molecule has 0 fully saturated rings. The van der Waals surface area contributed by atoms with Gasteiger partial charge in [-0.2, -0.15) is 0 Å². The molecular weight excluding hydrogens is 278 g/mol. The Morgan fingerprint density at radius 1 is 1.73 bits per heavy atom. The number of halogens is 1. The molecule has 1 aromatic rings. The van der Waals surface area contributed by atoms with Crippen LogP contribution >= 0.6 is 27.3 Å². The number of aromatic nitrogens is 1. The van der Waals surface area contributed by atoms with Crippen LogP contribution in [0.5, 0.6) is 0 Å². The van der Waals surface area contributed by atoms with Crippen molar-refractivity contribution >= 4 is 39.8 Å². The second-order valence-electron chi connectivity index (χ2n) is 2.73. The molecule has 1 heterocycles. The van der Waals surface area contributed by atoms with Crippen molar-refractivity contribution in [3.63, 3.8) is 0 Å². The average molecular weight is 288 g/mol. The first kappa shape index (κ1) is 12.1. The highest BCUT2D eigenvalue weighted by molar-refractivity contribution is 9.10. The molecule has 0 saturated carbocycles. The number of nitrogens with one attached hydrogen (secondary N) is 2. The number of carbonyl (C=O) groups excluding carboxylic acids is 1. The fraction of sp³-hybridized carbons (Fsp3) is 0.222. The van der Waals surface area contributed by atoms with Gasteiger partial charge in [-0.15, -0.1) is 11.3 Å². The Labute approximate surface area is 100 Å². The SMILES string of the molecule is Cc1nc(Br)c(CN/C=C(\C=N)C=O)s1. The number of allylic oxidation sites excluding steroid dienone is 1. The van der Waals surface area contributed by atoms with Crippen molar-refractivity contribution in [2.24, 2.45) is 0 Å². The molecule has 0 aliphatic rings. The van der Waals surface area contributed by atoms with Gasteiger partial charge in [-0.25, -0.2) is 4.98 Å². The van der Waals surface area contributed by atoms with E-state index in [1.54, 1.807) is 11.3 Å². The van der Waals surface area contributed by atoms with E-state index < -0.39 is 0 Å². The minimum absolute atomic E-state index is 0.312. The smallest absolute Gasteiger partial charge is 0.153 e. The summed E-state index contributed by atoms with van der Waals surface area (Å²) < 4.78 is 0.827. The van der Waals surface area contributed by atoms with E-state index in [1.165, 1.54) is 6.20 Å². The van der Waals surface area contributed by atoms with Crippen LogP contribution in [0.4, 0.5) is 0 Å². The van der Waals surface area contributed by atoms with Gasteiger partial charge in [0.1, 0.15) is 4.60 Å². The van der Waals surface area contributed by atoms with Gasteiger partial charge in [-0.1, -0.05) is 0 Å². The summed E-state index contributed by atoms with van der Waals surface area (Å²) in [5, 5.41) is 10.9. The highest BCUT2D eigenvalue weighted by atomic mass is 79.9. The fourth-order valence-corrected chi connectivity index (χ4v) is 2.47. The molecule has 0 amide bonds. The third-order valence-electron chi connectivity index (χ3n) is 1.59. The molecule has 0 radical (unpaired) electrons. The summed E-state index contributed by atoms with van der Waals surface area (Å²) in [6.45, 7) is 2.53. The predicted molar refractivity (Wildman–Crippen MR) is 64.3 cm³/mol. The Morgan fingerprint density at radius 3 is 2.93 bits per heavy atom. The summed E-state index contributed by atoms with van der Waals surface area (Å²) in [7, 11) is 0. The van der Waals surface area contributed by atoms with E-state index in [9.17, 15) is 4.79 Å². The number of carbonyl (C=O) groups is 1. The van der Waals surface area contributed by atoms with Crippen LogP contribution in [0.25, 0.3) is 0 Å². The first-order chi connectivity index (χ1) is 7.17. The normalized spacial score (nSPS) is 11.2. The van der Waals surface area contributed by atoms with Crippen molar-refractivity contribution in [3.05, 3.63) is 26.3 Å². The molecule has 0 saturated heterocycles. The first-order valence-electron chi connectivity index (χ1n) is 4.18. The predicted octanol–water partition coefficient (Wildman–Crippen LogP) is 2.04. The highest BCUT2D eigenvalue weighted by Crippen LogP contribution is 2.22. The van der Waals surface area contributed by atoms with Crippen molar-refractivity contribution in [1.82, 2.24) is 10.3 Å². The molecule has 80 valence electrons. The lowest BCUT2D eigenvalue weighted by atomic mass is 10.3. The van der Waals surface area contributed by atoms with Gasteiger partial charge in [0.15, 0.2) is 6.29 Å². The van der Waals surface area contributed by atoms with Crippen molar-refractivity contribution in [1.29, 1.82) is 5.41 Å². The molecule has 0 atom stereocenters. The van der Waals surface area contributed by atoms with E-state index in [2.05, 4.69) is 26.2 Å². The zero-order chi connectivity index (χ0) is 11.3. The summed E-state index contributed by atoms with van der Waals surface area (Å²) in [4.78, 5) is 15.6. The molecule has 1 rings (SSSR count). The molecule has 0 unspecified atom stereocenters. The van der Waals surface area contributed by atoms with Gasteiger partial charge >= 0.3 is 0 Å². The Hall–Kier alpha value is -1.01. The Kier molecular flexibility index (Phi) is 4.64. The maximum Gasteiger partial charge on any atom is 0.153 e. The lowest BCUT2D eigenvalue weighted by Crippen LogP contribution is -2.06. The van der Waals surface area contributed by atoms with E-state index in [0.717, 1.165) is 20.7 Å². The van der Waals surface area contributed by atoms with Crippen LogP contribution < -0.4 is 5.32 Å². The highest BCUT2D eigenvalue weighted by Gasteiger charge is 2.04. The molecule has 6 heteroatoms. The van der Waals surface area contributed by atoms with Gasteiger partial charge < -0.3 is 10.7 Å². The largest absolute Gasteiger partial charge is 0.385 e. The van der Waals surface area contributed by atoms with Crippen molar-refractivity contribution in [2.75, 3.05) is 0 Å². The summed E-state index contributed by atoms with van der Waals surface area (Å²) in [5.41, 5.74) is 0.312. The molecule has 0 bridgehead atoms. The summed E-state index contributed by atoms with van der Waals surface area (Å²) in [5.74, 6) is 0. The number of thiazole rings is 1. The molecule has 2 N–H and O–H groups in total. The van der Waals surface area contributed by atoms with E-state index >= 15 is 0 Å². The number of rotatable bonds is 5. The fourth-order valence-electron chi connectivity index (χ4n) is 0.924. The second kappa shape index (κ2) is 5.77. The number of hydrogen-bond acceptors (Lipinski definition) is 5. The van der Waals surface area contributed by atoms with E-state index in [1.807, 2.05) is 6.92 Å². The minimum atomic E-state index is 0.312. The minimum Gasteiger partial charge on any atom is -0.385 e. The van der Waals surface area contributed by atoms with Crippen molar-refractivity contribution in [2.45, 2.75) is 13.5 Å². The van der Waals surface area contributed by atoms with Crippen molar-refractivity contribution in [3.8, 4) is 0 Å². The average Bonchev–Trinajstić information content (AvgIpc) is 2.52. The maximum absolute atomic E-state index is 10.4. The molecule has 0 spiro atoms. The van der Waals surface area contributed by atoms with Crippen LogP contribution in [0.15, 0.2) is 16.4 Å². The Morgan fingerprint density at radius 2 is 2.47 bits per heavy atom. The molecule has 0 aliphatic carbocycles. The molecule has 0 aliphatic heterocycles. The van der Waals surface area contributed by atoms with E-state index in [-0.39, 0.29) is 0 Å². The quantitative estimate of drug-likeness (QED) is 0.495. The van der Waals surface area contributed by atoms with Gasteiger partial charge in [0.05, 0.1) is 16.4 Å². The summed E-state index contributed by atoms with van der Waals surface area (Å²) >= 11 is 4.93. The maximum atomic E-state index is 10.4. The monoisotopic (exact) mass is 287 g/mol. The molecule has 4 nitrogen and oxygen atoms in total. The Bertz CT molecular complexity index is 390. The van der Waals surface area contributed by atoms with Gasteiger partial charge in [0.2, 0.25) is 0 Å². The number of nitrogens with zero attached hydrogens (tertiary/aromatic N) is 1. The van der Waals surface area contributed by atoms with Gasteiger partial charge in [0, 0.05) is 18.0 Å². The third-order valence-corrected chi connectivity index (χ3v) is 3.48. The van der Waals surface area contributed by atoms with Crippen LogP contribution in [0.1, 0.15) is 9.88 Å². The lowest BCUT2D eigenvalue weighted by molar-refractivity contribution is -0.104. The van der Waals surface area contributed by atoms with Crippen LogP contribution in [0.2, 0.25) is 0 Å². The van der Waals surface area contributed by atoms with Gasteiger partial charge in [-0.05, 0) is 22.9 Å². The molecule has 15 heavy (non-hydrogen) atoms. The van der Waals surface area contributed by atoms with Crippen molar-refractivity contribution < 1.29 is 4.79 Å². The van der Waals surface area contributed by atoms with Crippen LogP contribution in [0.3, 0.4) is 0 Å². The first-order valence-corrected chi connectivity index (χ1v) is 5.79. The number of aryl methyl sites for hydroxylation is 1. The topological polar surface area (TPSA) is 65.8 Å². The van der Waals surface area contributed by atoms with Crippen LogP contribution in [-0.4, -0.2) is 17.5 Å². The standard InChI is InChI=1S/C9H10BrN3OS/c1-6-13-9(10)8(15-6)4-12-3-7(2-11)5-14/h2-3,5,11-12H,4H2,1H3/b7-3+,11-2?. The van der Waals surface area contributed by atoms with Crippen LogP contribution in [0, 0.1) is 12.3 Å². The zero-order valence-electron chi connectivity index (χ0n) is 8.08. The van der Waals surface area contributed by atoms with Gasteiger partial charge in [-0.3, -0.25) is 4.79 Å². The van der Waals surface area contributed by atoms with Crippen LogP contribution in [-0.2, 0) is 11.3 Å². The van der Waals surface area contributed by atoms with E-state index in [4.69, 9.17) is 5.41 Å². The third kappa shape index (κ3) is 3.56. The summed E-state index contributed by atoms with van der Waals surface area (Å²) in [6.07, 6.45) is 3.15. The Balaban J connectivity index is 2.57. The number of aldehydes is 1. The lowest BCUT2D eigenvalue weighted by Gasteiger charge is -1.98. The molecule has 1 aromatic heterocycles. The second-order valence-corrected chi connectivity index (χ2v) is 4.77. The van der Waals surface area contributed by atoms with Gasteiger partial charge in [0.25, 0.3) is 0 Å². The molecular formula is C9H10BrN3OS. The number of hydrogen-bond donors (Lipinski definition) is 2. The molecule has 0 aromatic carbocycles. The zero-order valence-corrected chi connectivity index (χ0v) is 10.5. The summed E-state index contributed by atoms with van der Waals surface area (Å²) in [6, 6.07) is 0.